The Morgan fingerprint density at radius 1 is 1.47 bits per heavy atom. The van der Waals surface area contributed by atoms with Gasteiger partial charge >= 0.3 is 0 Å². The van der Waals surface area contributed by atoms with Gasteiger partial charge in [-0.2, -0.15) is 0 Å². The third kappa shape index (κ3) is 6.20. The second-order valence-electron chi connectivity index (χ2n) is 4.94. The van der Waals surface area contributed by atoms with Gasteiger partial charge in [-0.25, -0.2) is 4.98 Å². The third-order valence-corrected chi connectivity index (χ3v) is 2.46. The number of aromatic nitrogens is 1. The first-order valence-electron chi connectivity index (χ1n) is 6.66. The number of nitrogens with one attached hydrogen (secondary N) is 1. The van der Waals surface area contributed by atoms with Gasteiger partial charge in [0, 0.05) is 18.7 Å². The average Bonchev–Trinajstić information content (AvgIpc) is 2.30. The fourth-order valence-electron chi connectivity index (χ4n) is 1.60. The van der Waals surface area contributed by atoms with Crippen molar-refractivity contribution in [2.75, 3.05) is 5.32 Å². The molecule has 19 heavy (non-hydrogen) atoms. The zero-order valence-corrected chi connectivity index (χ0v) is 11.8. The quantitative estimate of drug-likeness (QED) is 0.793. The van der Waals surface area contributed by atoms with E-state index in [2.05, 4.69) is 10.3 Å². The third-order valence-electron chi connectivity index (χ3n) is 2.46. The minimum Gasteiger partial charge on any atom is -0.473 e. The Bertz CT molecular complexity index is 405. The number of rotatable bonds is 7. The lowest BCUT2D eigenvalue weighted by Gasteiger charge is -2.13. The number of hydrogen-bond donors (Lipinski definition) is 2. The number of ether oxygens (including phenoxy) is 1. The molecule has 0 aromatic carbocycles. The molecule has 1 heterocycles. The summed E-state index contributed by atoms with van der Waals surface area (Å²) < 4.78 is 5.54. The maximum Gasteiger partial charge on any atom is 0.238 e. The molecule has 0 saturated carbocycles. The summed E-state index contributed by atoms with van der Waals surface area (Å²) in [5.74, 6) is 0.417. The first kappa shape index (κ1) is 15.4. The molecule has 5 heteroatoms. The molecule has 0 spiro atoms. The molecule has 0 aliphatic rings. The Morgan fingerprint density at radius 2 is 2.21 bits per heavy atom. The number of pyridine rings is 1. The van der Waals surface area contributed by atoms with Crippen molar-refractivity contribution in [3.05, 3.63) is 18.3 Å². The van der Waals surface area contributed by atoms with Crippen molar-refractivity contribution < 1.29 is 9.53 Å². The van der Waals surface area contributed by atoms with Gasteiger partial charge in [-0.05, 0) is 45.7 Å². The van der Waals surface area contributed by atoms with Crippen LogP contribution in [0.25, 0.3) is 0 Å². The lowest BCUT2D eigenvalue weighted by atomic mass is 10.1. The molecule has 1 aromatic rings. The SMILES string of the molecule is CC(N)CCCC(=O)Nc1cccnc1OC(C)C. The lowest BCUT2D eigenvalue weighted by molar-refractivity contribution is -0.116. The average molecular weight is 265 g/mol. The number of nitrogens with zero attached hydrogens (tertiary/aromatic N) is 1. The summed E-state index contributed by atoms with van der Waals surface area (Å²) >= 11 is 0. The molecule has 0 aliphatic heterocycles. The fourth-order valence-corrected chi connectivity index (χ4v) is 1.60. The molecule has 3 N–H and O–H groups in total. The van der Waals surface area contributed by atoms with Crippen LogP contribution < -0.4 is 15.8 Å². The smallest absolute Gasteiger partial charge is 0.238 e. The van der Waals surface area contributed by atoms with Crippen LogP contribution in [-0.2, 0) is 4.79 Å². The maximum absolute atomic E-state index is 11.8. The van der Waals surface area contributed by atoms with Gasteiger partial charge in [-0.1, -0.05) is 0 Å². The van der Waals surface area contributed by atoms with E-state index in [1.165, 1.54) is 0 Å². The maximum atomic E-state index is 11.8. The number of nitrogens with two attached hydrogens (primary N) is 1. The lowest BCUT2D eigenvalue weighted by Crippen LogP contribution is -2.17. The van der Waals surface area contributed by atoms with Crippen LogP contribution in [0, 0.1) is 0 Å². The number of carbonyl (C=O) groups excluding carboxylic acids is 1. The Morgan fingerprint density at radius 3 is 2.84 bits per heavy atom. The van der Waals surface area contributed by atoms with Crippen molar-refractivity contribution in [1.82, 2.24) is 4.98 Å². The van der Waals surface area contributed by atoms with Gasteiger partial charge in [0.2, 0.25) is 11.8 Å². The number of amides is 1. The van der Waals surface area contributed by atoms with Crippen LogP contribution in [0.5, 0.6) is 5.88 Å². The summed E-state index contributed by atoms with van der Waals surface area (Å²) in [4.78, 5) is 15.9. The van der Waals surface area contributed by atoms with Crippen LogP contribution in [0.2, 0.25) is 0 Å². The molecule has 0 saturated heterocycles. The summed E-state index contributed by atoms with van der Waals surface area (Å²) in [7, 11) is 0. The largest absolute Gasteiger partial charge is 0.473 e. The highest BCUT2D eigenvalue weighted by Crippen LogP contribution is 2.22. The Balaban J connectivity index is 2.53. The molecule has 1 amide bonds. The predicted molar refractivity (Wildman–Crippen MR) is 76.1 cm³/mol. The van der Waals surface area contributed by atoms with Crippen LogP contribution in [-0.4, -0.2) is 23.0 Å². The molecule has 0 aliphatic carbocycles. The molecule has 1 rings (SSSR count). The highest BCUT2D eigenvalue weighted by molar-refractivity contribution is 5.91. The Hall–Kier alpha value is -1.62. The standard InChI is InChI=1S/C14H23N3O2/c1-10(2)19-14-12(7-5-9-16-14)17-13(18)8-4-6-11(3)15/h5,7,9-11H,4,6,8,15H2,1-3H3,(H,17,18). The van der Waals surface area contributed by atoms with E-state index in [1.807, 2.05) is 20.8 Å². The first-order valence-corrected chi connectivity index (χ1v) is 6.66. The molecule has 106 valence electrons. The molecule has 0 radical (unpaired) electrons. The zero-order valence-electron chi connectivity index (χ0n) is 11.8. The number of carbonyl (C=O) groups is 1. The van der Waals surface area contributed by atoms with Crippen molar-refractivity contribution in [2.24, 2.45) is 5.73 Å². The number of anilines is 1. The van der Waals surface area contributed by atoms with Crippen LogP contribution >= 0.6 is 0 Å². The first-order chi connectivity index (χ1) is 8.99. The van der Waals surface area contributed by atoms with Crippen molar-refractivity contribution in [3.63, 3.8) is 0 Å². The van der Waals surface area contributed by atoms with E-state index in [0.29, 0.717) is 18.0 Å². The van der Waals surface area contributed by atoms with E-state index < -0.39 is 0 Å². The van der Waals surface area contributed by atoms with E-state index in [1.54, 1.807) is 18.3 Å². The molecule has 0 fully saturated rings. The highest BCUT2D eigenvalue weighted by atomic mass is 16.5. The van der Waals surface area contributed by atoms with Gasteiger partial charge in [0.25, 0.3) is 0 Å². The van der Waals surface area contributed by atoms with E-state index in [9.17, 15) is 4.79 Å². The van der Waals surface area contributed by atoms with Crippen molar-refractivity contribution in [3.8, 4) is 5.88 Å². The van der Waals surface area contributed by atoms with Crippen molar-refractivity contribution in [1.29, 1.82) is 0 Å². The van der Waals surface area contributed by atoms with Crippen LogP contribution in [0.15, 0.2) is 18.3 Å². The predicted octanol–water partition coefficient (Wildman–Crippen LogP) is 2.32. The summed E-state index contributed by atoms with van der Waals surface area (Å²) in [6, 6.07) is 3.69. The molecular formula is C14H23N3O2. The fraction of sp³-hybridized carbons (Fsp3) is 0.571. The summed E-state index contributed by atoms with van der Waals surface area (Å²) in [5.41, 5.74) is 6.26. The Labute approximate surface area is 114 Å². The molecule has 1 unspecified atom stereocenters. The molecular weight excluding hydrogens is 242 g/mol. The summed E-state index contributed by atoms with van der Waals surface area (Å²) in [5, 5.41) is 2.82. The topological polar surface area (TPSA) is 77.2 Å². The number of hydrogen-bond acceptors (Lipinski definition) is 4. The second kappa shape index (κ2) is 7.74. The van der Waals surface area contributed by atoms with Crippen LogP contribution in [0.3, 0.4) is 0 Å². The van der Waals surface area contributed by atoms with E-state index >= 15 is 0 Å². The van der Waals surface area contributed by atoms with E-state index in [0.717, 1.165) is 12.8 Å². The minimum absolute atomic E-state index is 0.0173. The molecule has 0 bridgehead atoms. The van der Waals surface area contributed by atoms with Gasteiger partial charge in [0.15, 0.2) is 0 Å². The molecule has 1 atom stereocenters. The van der Waals surface area contributed by atoms with Gasteiger partial charge < -0.3 is 15.8 Å². The monoisotopic (exact) mass is 265 g/mol. The zero-order chi connectivity index (χ0) is 14.3. The molecule has 1 aromatic heterocycles. The minimum atomic E-state index is -0.0396. The van der Waals surface area contributed by atoms with E-state index in [-0.39, 0.29) is 18.1 Å². The van der Waals surface area contributed by atoms with Gasteiger partial charge in [0.05, 0.1) is 6.10 Å². The van der Waals surface area contributed by atoms with Gasteiger partial charge in [-0.15, -0.1) is 0 Å². The van der Waals surface area contributed by atoms with Gasteiger partial charge in [0.1, 0.15) is 5.69 Å². The van der Waals surface area contributed by atoms with Crippen molar-refractivity contribution >= 4 is 11.6 Å². The van der Waals surface area contributed by atoms with Crippen LogP contribution in [0.4, 0.5) is 5.69 Å². The normalized spacial score (nSPS) is 12.3. The Kier molecular flexibility index (Phi) is 6.29. The van der Waals surface area contributed by atoms with Gasteiger partial charge in [-0.3, -0.25) is 4.79 Å². The highest BCUT2D eigenvalue weighted by Gasteiger charge is 2.10. The summed E-state index contributed by atoms with van der Waals surface area (Å²) in [6.45, 7) is 5.78. The van der Waals surface area contributed by atoms with Crippen molar-refractivity contribution in [2.45, 2.75) is 52.2 Å². The summed E-state index contributed by atoms with van der Waals surface area (Å²) in [6.07, 6.45) is 3.74. The second-order valence-corrected chi connectivity index (χ2v) is 4.94. The van der Waals surface area contributed by atoms with Crippen LogP contribution in [0.1, 0.15) is 40.0 Å². The molecule has 5 nitrogen and oxygen atoms in total. The van der Waals surface area contributed by atoms with E-state index in [4.69, 9.17) is 10.5 Å².